The largest absolute Gasteiger partial charge is 0.496 e. The van der Waals surface area contributed by atoms with Crippen molar-refractivity contribution in [3.8, 4) is 23.1 Å². The molecular formula is C12H13BrN4O3. The fraction of sp³-hybridized carbons (Fsp3) is 0.167. The molecule has 2 aromatic rings. The third kappa shape index (κ3) is 3.09. The molecule has 0 bridgehead atoms. The summed E-state index contributed by atoms with van der Waals surface area (Å²) in [4.78, 5) is 7.98. The topological polar surface area (TPSA) is 91.5 Å². The van der Waals surface area contributed by atoms with E-state index in [1.54, 1.807) is 32.4 Å². The number of hydrogen-bond acceptors (Lipinski definition) is 7. The van der Waals surface area contributed by atoms with Crippen LogP contribution in [-0.4, -0.2) is 24.2 Å². The molecule has 0 aliphatic rings. The molecule has 0 radical (unpaired) electrons. The lowest BCUT2D eigenvalue weighted by Crippen LogP contribution is -2.09. The summed E-state index contributed by atoms with van der Waals surface area (Å²) in [5.41, 5.74) is 2.44. The van der Waals surface area contributed by atoms with E-state index in [1.165, 1.54) is 6.33 Å². The van der Waals surface area contributed by atoms with Crippen LogP contribution in [0.3, 0.4) is 0 Å². The lowest BCUT2D eigenvalue weighted by atomic mass is 10.3. The molecule has 7 nitrogen and oxygen atoms in total. The Hall–Kier alpha value is -2.06. The van der Waals surface area contributed by atoms with Crippen LogP contribution in [0.2, 0.25) is 0 Å². The van der Waals surface area contributed by atoms with Crippen molar-refractivity contribution in [2.75, 3.05) is 19.6 Å². The van der Waals surface area contributed by atoms with Gasteiger partial charge in [0.15, 0.2) is 5.82 Å². The van der Waals surface area contributed by atoms with Crippen LogP contribution in [0.1, 0.15) is 0 Å². The number of benzene rings is 1. The number of nitrogen functional groups attached to an aromatic ring is 1. The van der Waals surface area contributed by atoms with Gasteiger partial charge in [0.25, 0.3) is 0 Å². The zero-order valence-electron chi connectivity index (χ0n) is 10.9. The Kier molecular flexibility index (Phi) is 4.59. The van der Waals surface area contributed by atoms with Crippen molar-refractivity contribution in [2.24, 2.45) is 5.84 Å². The van der Waals surface area contributed by atoms with Crippen molar-refractivity contribution in [1.29, 1.82) is 0 Å². The molecule has 1 heterocycles. The molecule has 8 heteroatoms. The molecule has 0 fully saturated rings. The van der Waals surface area contributed by atoms with Crippen LogP contribution in [0.25, 0.3) is 0 Å². The summed E-state index contributed by atoms with van der Waals surface area (Å²) in [7, 11) is 3.13. The van der Waals surface area contributed by atoms with Gasteiger partial charge in [0.05, 0.1) is 14.2 Å². The maximum atomic E-state index is 5.68. The van der Waals surface area contributed by atoms with Gasteiger partial charge in [-0.2, -0.15) is 0 Å². The molecule has 0 saturated heterocycles. The number of rotatable bonds is 5. The first-order chi connectivity index (χ1) is 9.67. The molecule has 0 amide bonds. The summed E-state index contributed by atoms with van der Waals surface area (Å²) in [5, 5.41) is 0. The number of methoxy groups -OCH3 is 2. The number of nitrogens with zero attached hydrogens (tertiary/aromatic N) is 2. The number of hydrazine groups is 1. The summed E-state index contributed by atoms with van der Waals surface area (Å²) < 4.78 is 16.5. The summed E-state index contributed by atoms with van der Waals surface area (Å²) >= 11 is 3.32. The quantitative estimate of drug-likeness (QED) is 0.637. The zero-order chi connectivity index (χ0) is 14.5. The molecule has 20 heavy (non-hydrogen) atoms. The molecule has 2 rings (SSSR count). The molecule has 106 valence electrons. The standard InChI is InChI=1S/C12H13BrN4O3/c1-18-7-3-8(19-2)5-9(4-7)20-12-10(13)11(17-14)15-6-16-12/h3-6H,14H2,1-2H3,(H,15,16,17). The van der Waals surface area contributed by atoms with Crippen LogP contribution in [0.4, 0.5) is 5.82 Å². The van der Waals surface area contributed by atoms with E-state index >= 15 is 0 Å². The van der Waals surface area contributed by atoms with Gasteiger partial charge in [0.1, 0.15) is 28.0 Å². The molecule has 0 saturated carbocycles. The second-order valence-corrected chi connectivity index (χ2v) is 4.43. The number of hydrogen-bond donors (Lipinski definition) is 2. The third-order valence-electron chi connectivity index (χ3n) is 2.43. The summed E-state index contributed by atoms with van der Waals surface area (Å²) in [6.07, 6.45) is 1.34. The number of aromatic nitrogens is 2. The number of ether oxygens (including phenoxy) is 3. The minimum atomic E-state index is 0.322. The summed E-state index contributed by atoms with van der Waals surface area (Å²) in [5.74, 6) is 7.82. The van der Waals surface area contributed by atoms with E-state index in [1.807, 2.05) is 0 Å². The van der Waals surface area contributed by atoms with Crippen LogP contribution in [0, 0.1) is 0 Å². The normalized spacial score (nSPS) is 10.0. The van der Waals surface area contributed by atoms with Gasteiger partial charge in [-0.1, -0.05) is 0 Å². The van der Waals surface area contributed by atoms with Crippen molar-refractivity contribution in [3.05, 3.63) is 29.0 Å². The van der Waals surface area contributed by atoms with Crippen molar-refractivity contribution < 1.29 is 14.2 Å². The Morgan fingerprint density at radius 3 is 2.20 bits per heavy atom. The Balaban J connectivity index is 2.34. The maximum absolute atomic E-state index is 5.68. The molecule has 1 aromatic carbocycles. The smallest absolute Gasteiger partial charge is 0.238 e. The number of nitrogens with two attached hydrogens (primary N) is 1. The molecule has 0 aliphatic carbocycles. The SMILES string of the molecule is COc1cc(OC)cc(Oc2ncnc(NN)c2Br)c1. The van der Waals surface area contributed by atoms with Crippen LogP contribution in [0.5, 0.6) is 23.1 Å². The Bertz CT molecular complexity index is 587. The Morgan fingerprint density at radius 1 is 1.05 bits per heavy atom. The van der Waals surface area contributed by atoms with E-state index < -0.39 is 0 Å². The van der Waals surface area contributed by atoms with E-state index in [0.717, 1.165) is 0 Å². The number of anilines is 1. The molecule has 3 N–H and O–H groups in total. The minimum absolute atomic E-state index is 0.322. The highest BCUT2D eigenvalue weighted by molar-refractivity contribution is 9.10. The molecule has 0 spiro atoms. The first kappa shape index (κ1) is 14.4. The van der Waals surface area contributed by atoms with Gasteiger partial charge in [0, 0.05) is 18.2 Å². The molecular weight excluding hydrogens is 328 g/mol. The van der Waals surface area contributed by atoms with Crippen LogP contribution >= 0.6 is 15.9 Å². The van der Waals surface area contributed by atoms with Crippen LogP contribution in [0.15, 0.2) is 29.0 Å². The van der Waals surface area contributed by atoms with Crippen LogP contribution in [-0.2, 0) is 0 Å². The predicted octanol–water partition coefficient (Wildman–Crippen LogP) is 2.33. The molecule has 0 aliphatic heterocycles. The third-order valence-corrected chi connectivity index (χ3v) is 3.15. The maximum Gasteiger partial charge on any atom is 0.238 e. The monoisotopic (exact) mass is 340 g/mol. The van der Waals surface area contributed by atoms with E-state index in [4.69, 9.17) is 20.1 Å². The highest BCUT2D eigenvalue weighted by atomic mass is 79.9. The average Bonchev–Trinajstić information content (AvgIpc) is 2.49. The Morgan fingerprint density at radius 2 is 1.65 bits per heavy atom. The van der Waals surface area contributed by atoms with Gasteiger partial charge < -0.3 is 19.6 Å². The van der Waals surface area contributed by atoms with Crippen molar-refractivity contribution in [1.82, 2.24) is 9.97 Å². The fourth-order valence-corrected chi connectivity index (χ4v) is 1.88. The van der Waals surface area contributed by atoms with Crippen molar-refractivity contribution in [2.45, 2.75) is 0 Å². The van der Waals surface area contributed by atoms with E-state index in [2.05, 4.69) is 31.3 Å². The van der Waals surface area contributed by atoms with E-state index in [0.29, 0.717) is 33.4 Å². The molecule has 1 aromatic heterocycles. The molecule has 0 unspecified atom stereocenters. The van der Waals surface area contributed by atoms with Crippen molar-refractivity contribution >= 4 is 21.7 Å². The highest BCUT2D eigenvalue weighted by Crippen LogP contribution is 2.34. The minimum Gasteiger partial charge on any atom is -0.496 e. The van der Waals surface area contributed by atoms with Crippen LogP contribution < -0.4 is 25.5 Å². The lowest BCUT2D eigenvalue weighted by molar-refractivity contribution is 0.384. The number of nitrogens with one attached hydrogen (secondary N) is 1. The van der Waals surface area contributed by atoms with Gasteiger partial charge in [0.2, 0.25) is 5.88 Å². The van der Waals surface area contributed by atoms with Gasteiger partial charge >= 0.3 is 0 Å². The van der Waals surface area contributed by atoms with E-state index in [9.17, 15) is 0 Å². The first-order valence-corrected chi connectivity index (χ1v) is 6.35. The number of halogens is 1. The van der Waals surface area contributed by atoms with Gasteiger partial charge in [-0.15, -0.1) is 0 Å². The zero-order valence-corrected chi connectivity index (χ0v) is 12.5. The van der Waals surface area contributed by atoms with Gasteiger partial charge in [-0.25, -0.2) is 15.8 Å². The molecule has 0 atom stereocenters. The predicted molar refractivity (Wildman–Crippen MR) is 77.2 cm³/mol. The fourth-order valence-electron chi connectivity index (χ4n) is 1.48. The average molecular weight is 341 g/mol. The first-order valence-electron chi connectivity index (χ1n) is 5.56. The Labute approximate surface area is 124 Å². The summed E-state index contributed by atoms with van der Waals surface area (Å²) in [6.45, 7) is 0. The van der Waals surface area contributed by atoms with Gasteiger partial charge in [-0.05, 0) is 15.9 Å². The highest BCUT2D eigenvalue weighted by Gasteiger charge is 2.11. The van der Waals surface area contributed by atoms with Gasteiger partial charge in [-0.3, -0.25) is 0 Å². The lowest BCUT2D eigenvalue weighted by Gasteiger charge is -2.11. The second-order valence-electron chi connectivity index (χ2n) is 3.64. The second kappa shape index (κ2) is 6.40. The van der Waals surface area contributed by atoms with Crippen molar-refractivity contribution in [3.63, 3.8) is 0 Å². The van der Waals surface area contributed by atoms with E-state index in [-0.39, 0.29) is 0 Å². The summed E-state index contributed by atoms with van der Waals surface area (Å²) in [6, 6.07) is 5.17.